The van der Waals surface area contributed by atoms with Crippen LogP contribution in [0.15, 0.2) is 36.4 Å². The predicted molar refractivity (Wildman–Crippen MR) is 119 cm³/mol. The van der Waals surface area contributed by atoms with Crippen molar-refractivity contribution in [2.45, 2.75) is 49.9 Å². The molecule has 34 heavy (non-hydrogen) atoms. The van der Waals surface area contributed by atoms with E-state index in [1.54, 1.807) is 0 Å². The Morgan fingerprint density at radius 1 is 1.18 bits per heavy atom. The zero-order valence-corrected chi connectivity index (χ0v) is 19.3. The second-order valence-electron chi connectivity index (χ2n) is 9.62. The molecular formula is C25H24ClF2NO5. The number of hydrogen-bond donors (Lipinski definition) is 1. The van der Waals surface area contributed by atoms with E-state index in [0.29, 0.717) is 24.2 Å². The van der Waals surface area contributed by atoms with Crippen LogP contribution in [-0.2, 0) is 14.3 Å². The van der Waals surface area contributed by atoms with Crippen LogP contribution in [0.3, 0.4) is 0 Å². The summed E-state index contributed by atoms with van der Waals surface area (Å²) in [5.74, 6) is -0.592. The summed E-state index contributed by atoms with van der Waals surface area (Å²) in [6, 6.07) is 8.21. The van der Waals surface area contributed by atoms with E-state index in [9.17, 15) is 18.4 Å². The molecule has 0 saturated heterocycles. The normalized spacial score (nSPS) is 28.6. The van der Waals surface area contributed by atoms with Crippen LogP contribution < -0.4 is 14.8 Å². The zero-order valence-electron chi connectivity index (χ0n) is 18.5. The Kier molecular flexibility index (Phi) is 5.76. The number of carbonyl (C=O) groups excluding carboxylic acids is 2. The molecule has 3 fully saturated rings. The predicted octanol–water partition coefficient (Wildman–Crippen LogP) is 4.53. The van der Waals surface area contributed by atoms with Gasteiger partial charge in [-0.2, -0.15) is 0 Å². The second kappa shape index (κ2) is 8.50. The van der Waals surface area contributed by atoms with E-state index in [0.717, 1.165) is 25.3 Å². The highest BCUT2D eigenvalue weighted by molar-refractivity contribution is 6.30. The Morgan fingerprint density at radius 2 is 1.94 bits per heavy atom. The molecule has 4 aliphatic rings. The molecule has 3 saturated carbocycles. The van der Waals surface area contributed by atoms with Gasteiger partial charge in [-0.05, 0) is 55.0 Å². The van der Waals surface area contributed by atoms with Crippen LogP contribution in [-0.4, -0.2) is 37.0 Å². The molecule has 2 atom stereocenters. The number of ether oxygens (including phenoxy) is 3. The molecule has 1 amide bonds. The number of Topliss-reactive ketones (excluding diaryl/α,β-unsaturated/α-hetero) is 1. The molecule has 1 heterocycles. The van der Waals surface area contributed by atoms with E-state index in [1.165, 1.54) is 37.4 Å². The minimum absolute atomic E-state index is 0.00949. The smallest absolute Gasteiger partial charge is 0.258 e. The molecular weight excluding hydrogens is 468 g/mol. The van der Waals surface area contributed by atoms with Crippen molar-refractivity contribution in [3.8, 4) is 11.5 Å². The van der Waals surface area contributed by atoms with Crippen molar-refractivity contribution in [3.05, 3.63) is 58.6 Å². The molecule has 9 heteroatoms. The number of methoxy groups -OCH3 is 1. The lowest BCUT2D eigenvalue weighted by molar-refractivity contribution is -0.176. The Morgan fingerprint density at radius 3 is 2.65 bits per heavy atom. The highest BCUT2D eigenvalue weighted by Gasteiger charge is 2.68. The summed E-state index contributed by atoms with van der Waals surface area (Å²) in [6.45, 7) is -0.233. The van der Waals surface area contributed by atoms with Crippen LogP contribution in [0.2, 0.25) is 5.02 Å². The number of rotatable bonds is 8. The molecule has 2 unspecified atom stereocenters. The van der Waals surface area contributed by atoms with Gasteiger partial charge >= 0.3 is 0 Å². The molecule has 6 rings (SSSR count). The molecule has 1 aliphatic heterocycles. The summed E-state index contributed by atoms with van der Waals surface area (Å²) >= 11 is 5.64. The fourth-order valence-corrected chi connectivity index (χ4v) is 5.79. The van der Waals surface area contributed by atoms with Crippen molar-refractivity contribution < 1.29 is 32.6 Å². The third-order valence-corrected chi connectivity index (χ3v) is 7.32. The maximum Gasteiger partial charge on any atom is 0.258 e. The van der Waals surface area contributed by atoms with Crippen LogP contribution in [0.1, 0.15) is 43.8 Å². The number of fused-ring (bicyclic) bond motifs is 1. The van der Waals surface area contributed by atoms with Crippen LogP contribution in [0, 0.1) is 17.0 Å². The van der Waals surface area contributed by atoms with Gasteiger partial charge in [0.2, 0.25) is 0 Å². The van der Waals surface area contributed by atoms with Crippen molar-refractivity contribution in [1.29, 1.82) is 0 Å². The Hall–Kier alpha value is -2.71. The largest absolute Gasteiger partial charge is 0.484 e. The summed E-state index contributed by atoms with van der Waals surface area (Å²) in [5, 5.41) is 2.97. The first-order valence-electron chi connectivity index (χ1n) is 11.1. The van der Waals surface area contributed by atoms with Gasteiger partial charge in [0.05, 0.1) is 11.1 Å². The van der Waals surface area contributed by atoms with Crippen molar-refractivity contribution in [3.63, 3.8) is 0 Å². The number of hydrogen-bond acceptors (Lipinski definition) is 5. The number of benzene rings is 2. The van der Waals surface area contributed by atoms with Gasteiger partial charge in [-0.15, -0.1) is 0 Å². The lowest BCUT2D eigenvalue weighted by atomic mass is 9.38. The van der Waals surface area contributed by atoms with Crippen LogP contribution in [0.25, 0.3) is 0 Å². The summed E-state index contributed by atoms with van der Waals surface area (Å²) in [4.78, 5) is 25.3. The molecule has 6 nitrogen and oxygen atoms in total. The third kappa shape index (κ3) is 4.25. The molecule has 3 aliphatic carbocycles. The lowest BCUT2D eigenvalue weighted by Gasteiger charge is -2.70. The van der Waals surface area contributed by atoms with Crippen LogP contribution in [0.4, 0.5) is 8.78 Å². The first kappa shape index (κ1) is 23.1. The van der Waals surface area contributed by atoms with Crippen LogP contribution >= 0.6 is 11.6 Å². The molecule has 0 radical (unpaired) electrons. The highest BCUT2D eigenvalue weighted by Crippen LogP contribution is 2.69. The Labute approximate surface area is 200 Å². The van der Waals surface area contributed by atoms with E-state index < -0.39 is 18.0 Å². The summed E-state index contributed by atoms with van der Waals surface area (Å²) in [7, 11) is 1.53. The van der Waals surface area contributed by atoms with Gasteiger partial charge in [0.1, 0.15) is 23.1 Å². The summed E-state index contributed by atoms with van der Waals surface area (Å²) < 4.78 is 43.8. The number of amides is 1. The van der Waals surface area contributed by atoms with Gasteiger partial charge in [-0.25, -0.2) is 8.78 Å². The Bertz CT molecular complexity index is 1140. The van der Waals surface area contributed by atoms with Crippen molar-refractivity contribution in [2.24, 2.45) is 5.41 Å². The van der Waals surface area contributed by atoms with Crippen molar-refractivity contribution >= 4 is 23.3 Å². The first-order valence-corrected chi connectivity index (χ1v) is 11.5. The van der Waals surface area contributed by atoms with E-state index in [2.05, 4.69) is 5.32 Å². The standard InChI is InChI=1S/C25H24ClF2NO5/c1-32-21-8-22(34-20-5-2-14(27)6-16(20)21)19(30)9-24-11-25(12-24,13-24)29-23(31)10-33-15-3-4-17(26)18(28)7-15/h2-7,21-22H,8-13H2,1H3,(H,29,31). The first-order chi connectivity index (χ1) is 16.2. The number of carbonyl (C=O) groups is 2. The molecule has 2 bridgehead atoms. The van der Waals surface area contributed by atoms with E-state index in [1.807, 2.05) is 0 Å². The minimum Gasteiger partial charge on any atom is -0.484 e. The fraction of sp³-hybridized carbons (Fsp3) is 0.440. The molecule has 0 aromatic heterocycles. The average Bonchev–Trinajstić information content (AvgIpc) is 2.76. The number of halogens is 3. The molecule has 1 N–H and O–H groups in total. The van der Waals surface area contributed by atoms with Gasteiger partial charge < -0.3 is 19.5 Å². The van der Waals surface area contributed by atoms with Gasteiger partial charge in [0.15, 0.2) is 18.5 Å². The quantitative estimate of drug-likeness (QED) is 0.587. The molecule has 180 valence electrons. The van der Waals surface area contributed by atoms with Gasteiger partial charge in [-0.1, -0.05) is 11.6 Å². The topological polar surface area (TPSA) is 73.9 Å². The molecule has 2 aromatic rings. The maximum absolute atomic E-state index is 13.6. The molecule has 0 spiro atoms. The second-order valence-corrected chi connectivity index (χ2v) is 10.0. The third-order valence-electron chi connectivity index (χ3n) is 7.01. The van der Waals surface area contributed by atoms with Gasteiger partial charge in [0, 0.05) is 37.1 Å². The minimum atomic E-state index is -0.643. The highest BCUT2D eigenvalue weighted by atomic mass is 35.5. The maximum atomic E-state index is 13.6. The fourth-order valence-electron chi connectivity index (χ4n) is 5.67. The number of ketones is 1. The average molecular weight is 492 g/mol. The van der Waals surface area contributed by atoms with Crippen LogP contribution in [0.5, 0.6) is 11.5 Å². The monoisotopic (exact) mass is 491 g/mol. The van der Waals surface area contributed by atoms with Gasteiger partial charge in [0.25, 0.3) is 5.91 Å². The number of nitrogens with one attached hydrogen (secondary N) is 1. The lowest BCUT2D eigenvalue weighted by Crippen LogP contribution is -2.75. The molecule has 2 aromatic carbocycles. The van der Waals surface area contributed by atoms with Gasteiger partial charge in [-0.3, -0.25) is 9.59 Å². The van der Waals surface area contributed by atoms with E-state index in [4.69, 9.17) is 25.8 Å². The van der Waals surface area contributed by atoms with Crippen molar-refractivity contribution in [1.82, 2.24) is 5.32 Å². The Balaban J connectivity index is 1.11. The summed E-state index contributed by atoms with van der Waals surface area (Å²) in [6.07, 6.45) is 1.81. The zero-order chi connectivity index (χ0) is 24.1. The SMILES string of the molecule is COC1CC(C(=O)CC23CC(NC(=O)COc4ccc(Cl)c(F)c4)(C2)C3)Oc2ccc(F)cc21. The van der Waals surface area contributed by atoms with E-state index in [-0.39, 0.29) is 45.8 Å². The summed E-state index contributed by atoms with van der Waals surface area (Å²) in [5.41, 5.74) is 0.181. The van der Waals surface area contributed by atoms with E-state index >= 15 is 0 Å². The van der Waals surface area contributed by atoms with Crippen molar-refractivity contribution in [2.75, 3.05) is 13.7 Å².